The Hall–Kier alpha value is -4.05. The number of carbonyl (C=O) groups is 2. The van der Waals surface area contributed by atoms with Crippen LogP contribution in [-0.4, -0.2) is 54.8 Å². The average molecular weight is 483 g/mol. The molecule has 10 nitrogen and oxygen atoms in total. The first-order valence-corrected chi connectivity index (χ1v) is 11.0. The minimum absolute atomic E-state index is 0.200. The van der Waals surface area contributed by atoms with Gasteiger partial charge < -0.3 is 19.5 Å². The molecule has 2 amide bonds. The minimum atomic E-state index is -0.552. The normalized spacial score (nSPS) is 11.0. The lowest BCUT2D eigenvalue weighted by atomic mass is 10.1. The van der Waals surface area contributed by atoms with Gasteiger partial charge in [-0.15, -0.1) is 0 Å². The standard InChI is InChI=1S/C25H30N4O6/c1-25(2,3)35-24(31)26-14-15-34-20-10-6-17(7-11-20)22-16-21(23(30)28-33-5)27-29(22)18-8-12-19(32-4)13-9-18/h6-13,16H,14-15H2,1-5H3,(H,26,31)(H,28,30). The summed E-state index contributed by atoms with van der Waals surface area (Å²) in [5.41, 5.74) is 4.22. The van der Waals surface area contributed by atoms with Gasteiger partial charge in [-0.3, -0.25) is 9.63 Å². The van der Waals surface area contributed by atoms with E-state index in [4.69, 9.17) is 19.0 Å². The van der Waals surface area contributed by atoms with Crippen molar-refractivity contribution in [1.82, 2.24) is 20.6 Å². The zero-order valence-corrected chi connectivity index (χ0v) is 20.5. The molecule has 0 atom stereocenters. The Morgan fingerprint density at radius 1 is 0.971 bits per heavy atom. The largest absolute Gasteiger partial charge is 0.497 e. The van der Waals surface area contributed by atoms with Crippen molar-refractivity contribution in [1.29, 1.82) is 0 Å². The Bertz CT molecular complexity index is 1130. The molecule has 0 unspecified atom stereocenters. The summed E-state index contributed by atoms with van der Waals surface area (Å²) in [6.45, 7) is 6.00. The van der Waals surface area contributed by atoms with Gasteiger partial charge in [-0.05, 0) is 75.4 Å². The lowest BCUT2D eigenvalue weighted by molar-refractivity contribution is 0.0517. The monoisotopic (exact) mass is 482 g/mol. The molecule has 0 aliphatic carbocycles. The van der Waals surface area contributed by atoms with Gasteiger partial charge in [-0.2, -0.15) is 5.10 Å². The number of hydrogen-bond donors (Lipinski definition) is 2. The van der Waals surface area contributed by atoms with E-state index in [0.29, 0.717) is 23.7 Å². The van der Waals surface area contributed by atoms with E-state index in [-0.39, 0.29) is 12.3 Å². The average Bonchev–Trinajstić information content (AvgIpc) is 3.27. The van der Waals surface area contributed by atoms with E-state index >= 15 is 0 Å². The summed E-state index contributed by atoms with van der Waals surface area (Å²) in [4.78, 5) is 28.7. The van der Waals surface area contributed by atoms with E-state index in [1.807, 2.05) is 48.5 Å². The maximum atomic E-state index is 12.3. The highest BCUT2D eigenvalue weighted by Gasteiger charge is 2.18. The van der Waals surface area contributed by atoms with Crippen molar-refractivity contribution in [2.75, 3.05) is 27.4 Å². The van der Waals surface area contributed by atoms with Crippen LogP contribution in [0, 0.1) is 0 Å². The second kappa shape index (κ2) is 11.4. The van der Waals surface area contributed by atoms with Crippen molar-refractivity contribution in [3.63, 3.8) is 0 Å². The fourth-order valence-corrected chi connectivity index (χ4v) is 3.12. The number of rotatable bonds is 9. The maximum Gasteiger partial charge on any atom is 0.407 e. The number of aromatic nitrogens is 2. The van der Waals surface area contributed by atoms with Gasteiger partial charge in [0.15, 0.2) is 5.69 Å². The van der Waals surface area contributed by atoms with Crippen molar-refractivity contribution in [3.8, 4) is 28.4 Å². The predicted molar refractivity (Wildman–Crippen MR) is 130 cm³/mol. The zero-order valence-electron chi connectivity index (χ0n) is 20.5. The van der Waals surface area contributed by atoms with Crippen LogP contribution in [0.5, 0.6) is 11.5 Å². The summed E-state index contributed by atoms with van der Waals surface area (Å²) in [5.74, 6) is 0.883. The van der Waals surface area contributed by atoms with E-state index < -0.39 is 17.6 Å². The van der Waals surface area contributed by atoms with Gasteiger partial charge in [0.05, 0.1) is 32.1 Å². The van der Waals surface area contributed by atoms with Crippen LogP contribution in [0.1, 0.15) is 31.3 Å². The van der Waals surface area contributed by atoms with Crippen LogP contribution < -0.4 is 20.3 Å². The number of alkyl carbamates (subject to hydrolysis) is 1. The molecule has 1 heterocycles. The molecule has 0 fully saturated rings. The van der Waals surface area contributed by atoms with Crippen LogP contribution >= 0.6 is 0 Å². The van der Waals surface area contributed by atoms with E-state index in [2.05, 4.69) is 15.9 Å². The topological polar surface area (TPSA) is 113 Å². The number of hydrogen-bond acceptors (Lipinski definition) is 7. The van der Waals surface area contributed by atoms with Crippen molar-refractivity contribution in [2.45, 2.75) is 26.4 Å². The van der Waals surface area contributed by atoms with Crippen LogP contribution in [-0.2, 0) is 9.57 Å². The molecule has 3 rings (SSSR count). The molecule has 0 radical (unpaired) electrons. The minimum Gasteiger partial charge on any atom is -0.497 e. The van der Waals surface area contributed by atoms with E-state index in [1.165, 1.54) is 7.11 Å². The Morgan fingerprint density at radius 2 is 1.63 bits per heavy atom. The predicted octanol–water partition coefficient (Wildman–Crippen LogP) is 3.74. The number of nitrogens with zero attached hydrogens (tertiary/aromatic N) is 2. The molecule has 35 heavy (non-hydrogen) atoms. The fraction of sp³-hybridized carbons (Fsp3) is 0.320. The summed E-state index contributed by atoms with van der Waals surface area (Å²) < 4.78 is 17.8. The van der Waals surface area contributed by atoms with Crippen molar-refractivity contribution >= 4 is 12.0 Å². The number of hydroxylamine groups is 1. The number of ether oxygens (including phenoxy) is 3. The van der Waals surface area contributed by atoms with Crippen molar-refractivity contribution < 1.29 is 28.6 Å². The molecule has 2 aromatic carbocycles. The third kappa shape index (κ3) is 7.21. The molecule has 0 bridgehead atoms. The highest BCUT2D eigenvalue weighted by Crippen LogP contribution is 2.27. The van der Waals surface area contributed by atoms with Gasteiger partial charge in [-0.1, -0.05) is 0 Å². The Morgan fingerprint density at radius 3 is 2.23 bits per heavy atom. The molecular formula is C25H30N4O6. The first kappa shape index (κ1) is 25.6. The Balaban J connectivity index is 1.73. The molecule has 0 aliphatic heterocycles. The molecule has 2 N–H and O–H groups in total. The van der Waals surface area contributed by atoms with E-state index in [1.54, 1.807) is 38.6 Å². The van der Waals surface area contributed by atoms with Gasteiger partial charge in [0.25, 0.3) is 5.91 Å². The zero-order chi connectivity index (χ0) is 25.4. The molecule has 0 aliphatic rings. The lowest BCUT2D eigenvalue weighted by Crippen LogP contribution is -2.34. The maximum absolute atomic E-state index is 12.3. The second-order valence-electron chi connectivity index (χ2n) is 8.46. The molecule has 10 heteroatoms. The van der Waals surface area contributed by atoms with Crippen LogP contribution in [0.2, 0.25) is 0 Å². The molecule has 3 aromatic rings. The molecular weight excluding hydrogens is 452 g/mol. The van der Waals surface area contributed by atoms with Gasteiger partial charge >= 0.3 is 6.09 Å². The highest BCUT2D eigenvalue weighted by molar-refractivity contribution is 5.93. The molecule has 0 saturated heterocycles. The number of carbonyl (C=O) groups excluding carboxylic acids is 2. The first-order chi connectivity index (χ1) is 16.7. The highest BCUT2D eigenvalue weighted by atomic mass is 16.6. The van der Waals surface area contributed by atoms with Crippen LogP contribution in [0.15, 0.2) is 54.6 Å². The van der Waals surface area contributed by atoms with Crippen molar-refractivity contribution in [2.24, 2.45) is 0 Å². The van der Waals surface area contributed by atoms with Gasteiger partial charge in [0.2, 0.25) is 0 Å². The first-order valence-electron chi connectivity index (χ1n) is 11.0. The van der Waals surface area contributed by atoms with Gasteiger partial charge in [0, 0.05) is 5.56 Å². The summed E-state index contributed by atoms with van der Waals surface area (Å²) >= 11 is 0. The van der Waals surface area contributed by atoms with Crippen LogP contribution in [0.25, 0.3) is 16.9 Å². The third-order valence-corrected chi connectivity index (χ3v) is 4.64. The second-order valence-corrected chi connectivity index (χ2v) is 8.46. The molecule has 0 spiro atoms. The summed E-state index contributed by atoms with van der Waals surface area (Å²) in [6, 6.07) is 16.4. The summed E-state index contributed by atoms with van der Waals surface area (Å²) in [7, 11) is 2.96. The van der Waals surface area contributed by atoms with Crippen molar-refractivity contribution in [3.05, 3.63) is 60.3 Å². The summed E-state index contributed by atoms with van der Waals surface area (Å²) in [6.07, 6.45) is -0.489. The number of amides is 2. The molecule has 0 saturated carbocycles. The fourth-order valence-electron chi connectivity index (χ4n) is 3.12. The van der Waals surface area contributed by atoms with Crippen LogP contribution in [0.3, 0.4) is 0 Å². The number of methoxy groups -OCH3 is 1. The SMILES string of the molecule is CONC(=O)c1cc(-c2ccc(OCCNC(=O)OC(C)(C)C)cc2)n(-c2ccc(OC)cc2)n1. The summed E-state index contributed by atoms with van der Waals surface area (Å²) in [5, 5.41) is 7.11. The van der Waals surface area contributed by atoms with E-state index in [9.17, 15) is 9.59 Å². The van der Waals surface area contributed by atoms with Gasteiger partial charge in [-0.25, -0.2) is 15.0 Å². The van der Waals surface area contributed by atoms with Gasteiger partial charge in [0.1, 0.15) is 23.7 Å². The Kier molecular flexibility index (Phi) is 8.32. The molecule has 186 valence electrons. The Labute approximate surface area is 204 Å². The quantitative estimate of drug-likeness (QED) is 0.353. The smallest absolute Gasteiger partial charge is 0.407 e. The van der Waals surface area contributed by atoms with E-state index in [0.717, 1.165) is 11.3 Å². The van der Waals surface area contributed by atoms with Crippen LogP contribution in [0.4, 0.5) is 4.79 Å². The number of benzene rings is 2. The lowest BCUT2D eigenvalue weighted by Gasteiger charge is -2.19. The third-order valence-electron chi connectivity index (χ3n) is 4.64. The number of nitrogens with one attached hydrogen (secondary N) is 2. The molecule has 1 aromatic heterocycles.